The number of ether oxygens (including phenoxy) is 2. The summed E-state index contributed by atoms with van der Waals surface area (Å²) in [6.07, 6.45) is 8.49. The molecule has 2 fully saturated rings. The topological polar surface area (TPSA) is 55.8 Å². The number of hydrogen-bond acceptors (Lipinski definition) is 4. The van der Waals surface area contributed by atoms with E-state index in [1.807, 2.05) is 46.8 Å². The number of allylic oxidation sites excluding steroid dienone is 4. The predicted octanol–water partition coefficient (Wildman–Crippen LogP) is 4.83. The van der Waals surface area contributed by atoms with Gasteiger partial charge in [0.05, 0.1) is 6.10 Å². The molecule has 146 valence electrons. The Morgan fingerprint density at radius 2 is 1.77 bits per heavy atom. The second-order valence-corrected chi connectivity index (χ2v) is 8.67. The highest BCUT2D eigenvalue weighted by atomic mass is 16.6. The van der Waals surface area contributed by atoms with Gasteiger partial charge in [0.2, 0.25) is 5.60 Å². The van der Waals surface area contributed by atoms with E-state index in [-0.39, 0.29) is 18.0 Å². The second-order valence-electron chi connectivity index (χ2n) is 8.67. The van der Waals surface area contributed by atoms with Gasteiger partial charge in [-0.05, 0) is 77.9 Å². The first-order chi connectivity index (χ1) is 12.1. The number of aliphatic hydroxyl groups is 1. The van der Waals surface area contributed by atoms with Crippen LogP contribution in [0.5, 0.6) is 0 Å². The molecule has 0 amide bonds. The molecule has 4 heteroatoms. The summed E-state index contributed by atoms with van der Waals surface area (Å²) in [7, 11) is 0. The maximum absolute atomic E-state index is 12.6. The molecule has 2 saturated carbocycles. The Labute approximate surface area is 158 Å². The van der Waals surface area contributed by atoms with Gasteiger partial charge in [-0.3, -0.25) is 0 Å². The molecule has 0 aromatic rings. The van der Waals surface area contributed by atoms with Gasteiger partial charge >= 0.3 is 5.97 Å². The maximum Gasteiger partial charge on any atom is 0.351 e. The van der Waals surface area contributed by atoms with Crippen molar-refractivity contribution in [3.8, 4) is 0 Å². The van der Waals surface area contributed by atoms with Crippen LogP contribution in [0.2, 0.25) is 0 Å². The van der Waals surface area contributed by atoms with Gasteiger partial charge in [-0.1, -0.05) is 18.2 Å². The normalized spacial score (nSPS) is 26.2. The highest BCUT2D eigenvalue weighted by molar-refractivity contribution is 5.83. The molecular weight excluding hydrogens is 328 g/mol. The van der Waals surface area contributed by atoms with Gasteiger partial charge in [-0.15, -0.1) is 0 Å². The van der Waals surface area contributed by atoms with Crippen LogP contribution in [-0.4, -0.2) is 28.4 Å². The fraction of sp³-hybridized carbons (Fsp3) is 0.682. The molecule has 0 spiro atoms. The van der Waals surface area contributed by atoms with Crippen molar-refractivity contribution in [2.24, 2.45) is 5.92 Å². The summed E-state index contributed by atoms with van der Waals surface area (Å²) in [4.78, 5) is 12.6. The average Bonchev–Trinajstić information content (AvgIpc) is 3.33. The lowest BCUT2D eigenvalue weighted by Gasteiger charge is -2.30. The van der Waals surface area contributed by atoms with Crippen LogP contribution in [-0.2, 0) is 14.3 Å². The molecule has 26 heavy (non-hydrogen) atoms. The van der Waals surface area contributed by atoms with Crippen molar-refractivity contribution in [3.05, 3.63) is 35.6 Å². The van der Waals surface area contributed by atoms with E-state index in [4.69, 9.17) is 9.47 Å². The van der Waals surface area contributed by atoms with E-state index < -0.39 is 11.2 Å². The molecule has 0 aromatic carbocycles. The zero-order valence-electron chi connectivity index (χ0n) is 16.9. The predicted molar refractivity (Wildman–Crippen MR) is 104 cm³/mol. The zero-order valence-corrected chi connectivity index (χ0v) is 16.9. The Morgan fingerprint density at radius 3 is 2.23 bits per heavy atom. The van der Waals surface area contributed by atoms with Gasteiger partial charge in [0, 0.05) is 12.8 Å². The molecule has 0 radical (unpaired) electrons. The third-order valence-corrected chi connectivity index (χ3v) is 5.10. The highest BCUT2D eigenvalue weighted by Crippen LogP contribution is 2.46. The minimum atomic E-state index is -0.871. The molecule has 2 aliphatic rings. The van der Waals surface area contributed by atoms with Crippen molar-refractivity contribution in [1.82, 2.24) is 0 Å². The smallest absolute Gasteiger partial charge is 0.351 e. The Hall–Kier alpha value is -1.55. The number of esters is 1. The molecule has 0 bridgehead atoms. The van der Waals surface area contributed by atoms with Crippen molar-refractivity contribution in [2.75, 3.05) is 0 Å². The third kappa shape index (κ3) is 5.47. The summed E-state index contributed by atoms with van der Waals surface area (Å²) >= 11 is 0. The Bertz CT molecular complexity index is 594. The van der Waals surface area contributed by atoms with E-state index in [2.05, 4.69) is 6.58 Å². The summed E-state index contributed by atoms with van der Waals surface area (Å²) in [6, 6.07) is 0. The number of carbonyl (C=O) groups is 1. The zero-order chi connectivity index (χ0) is 19.5. The lowest BCUT2D eigenvalue weighted by molar-refractivity contribution is -0.168. The summed E-state index contributed by atoms with van der Waals surface area (Å²) in [5.74, 6) is 0.676. The van der Waals surface area contributed by atoms with Crippen LogP contribution < -0.4 is 0 Å². The lowest BCUT2D eigenvalue weighted by atomic mass is 9.82. The van der Waals surface area contributed by atoms with E-state index in [0.717, 1.165) is 36.8 Å². The van der Waals surface area contributed by atoms with Gasteiger partial charge in [0.15, 0.2) is 0 Å². The first-order valence-corrected chi connectivity index (χ1v) is 9.70. The van der Waals surface area contributed by atoms with Crippen LogP contribution >= 0.6 is 0 Å². The number of rotatable bonds is 6. The molecule has 2 aliphatic carbocycles. The SMILES string of the molecule is C=C(/C(=C\C(C)=C/C)OC1(C(=O)OC(C)(C)C)CC1)[C@H]1CC[C@H](O)CC1. The van der Waals surface area contributed by atoms with E-state index in [9.17, 15) is 9.90 Å². The molecule has 0 saturated heterocycles. The number of carbonyl (C=O) groups excluding carboxylic acids is 1. The monoisotopic (exact) mass is 362 g/mol. The van der Waals surface area contributed by atoms with Crippen molar-refractivity contribution < 1.29 is 19.4 Å². The van der Waals surface area contributed by atoms with E-state index in [1.165, 1.54) is 0 Å². The van der Waals surface area contributed by atoms with Crippen molar-refractivity contribution in [3.63, 3.8) is 0 Å². The van der Waals surface area contributed by atoms with Gasteiger partial charge in [0.25, 0.3) is 0 Å². The van der Waals surface area contributed by atoms with Crippen molar-refractivity contribution in [2.45, 2.75) is 90.4 Å². The minimum Gasteiger partial charge on any atom is -0.475 e. The molecule has 0 heterocycles. The van der Waals surface area contributed by atoms with Crippen molar-refractivity contribution in [1.29, 1.82) is 0 Å². The van der Waals surface area contributed by atoms with Crippen LogP contribution in [0.25, 0.3) is 0 Å². The number of aliphatic hydroxyl groups excluding tert-OH is 1. The van der Waals surface area contributed by atoms with Crippen LogP contribution in [0.4, 0.5) is 0 Å². The first kappa shape index (κ1) is 20.8. The maximum atomic E-state index is 12.6. The molecule has 0 aromatic heterocycles. The van der Waals surface area contributed by atoms with Crippen molar-refractivity contribution >= 4 is 5.97 Å². The molecule has 2 rings (SSSR count). The molecule has 0 atom stereocenters. The van der Waals surface area contributed by atoms with Gasteiger partial charge in [-0.2, -0.15) is 0 Å². The Morgan fingerprint density at radius 1 is 1.19 bits per heavy atom. The summed E-state index contributed by atoms with van der Waals surface area (Å²) in [5.41, 5.74) is 0.588. The fourth-order valence-corrected chi connectivity index (χ4v) is 3.15. The highest BCUT2D eigenvalue weighted by Gasteiger charge is 2.56. The standard InChI is InChI=1S/C22H34O4/c1-7-15(2)14-19(16(3)17-8-10-18(23)11-9-17)25-22(12-13-22)20(24)26-21(4,5)6/h7,14,17-18,23H,3,8-13H2,1-2,4-6H3/b15-7-,19-14+/t17-,18-. The van der Waals surface area contributed by atoms with E-state index in [1.54, 1.807) is 0 Å². The van der Waals surface area contributed by atoms with Crippen LogP contribution in [0, 0.1) is 5.92 Å². The fourth-order valence-electron chi connectivity index (χ4n) is 3.15. The van der Waals surface area contributed by atoms with E-state index in [0.29, 0.717) is 18.6 Å². The molecule has 0 unspecified atom stereocenters. The number of hydrogen-bond donors (Lipinski definition) is 1. The Kier molecular flexibility index (Phi) is 6.38. The summed E-state index contributed by atoms with van der Waals surface area (Å²) in [5, 5.41) is 9.76. The Balaban J connectivity index is 2.17. The van der Waals surface area contributed by atoms with Crippen LogP contribution in [0.3, 0.4) is 0 Å². The van der Waals surface area contributed by atoms with Crippen LogP contribution in [0.1, 0.15) is 73.1 Å². The minimum absolute atomic E-state index is 0.207. The van der Waals surface area contributed by atoms with Gasteiger partial charge in [-0.25, -0.2) is 4.79 Å². The van der Waals surface area contributed by atoms with E-state index >= 15 is 0 Å². The van der Waals surface area contributed by atoms with Gasteiger partial charge in [0.1, 0.15) is 11.4 Å². The van der Waals surface area contributed by atoms with Crippen LogP contribution in [0.15, 0.2) is 35.6 Å². The molecule has 4 nitrogen and oxygen atoms in total. The second kappa shape index (κ2) is 7.99. The molecule has 0 aliphatic heterocycles. The third-order valence-electron chi connectivity index (χ3n) is 5.10. The van der Waals surface area contributed by atoms with Gasteiger partial charge < -0.3 is 14.6 Å². The lowest BCUT2D eigenvalue weighted by Crippen LogP contribution is -2.35. The largest absolute Gasteiger partial charge is 0.475 e. The first-order valence-electron chi connectivity index (χ1n) is 9.70. The average molecular weight is 363 g/mol. The molecule has 1 N–H and O–H groups in total. The summed E-state index contributed by atoms with van der Waals surface area (Å²) < 4.78 is 11.8. The molecular formula is C22H34O4. The summed E-state index contributed by atoms with van der Waals surface area (Å²) in [6.45, 7) is 13.9. The quantitative estimate of drug-likeness (QED) is 0.417.